The van der Waals surface area contributed by atoms with E-state index >= 15 is 0 Å². The Morgan fingerprint density at radius 2 is 1.60 bits per heavy atom. The maximum absolute atomic E-state index is 11.7. The largest absolute Gasteiger partial charge is 0.352 e. The van der Waals surface area contributed by atoms with E-state index in [9.17, 15) is 9.59 Å². The highest BCUT2D eigenvalue weighted by Gasteiger charge is 2.25. The molecule has 1 aliphatic heterocycles. The van der Waals surface area contributed by atoms with Crippen LogP contribution in [0.2, 0.25) is 0 Å². The molecule has 0 aromatic rings. The molecule has 6 nitrogen and oxygen atoms in total. The first-order valence-corrected chi connectivity index (χ1v) is 7.11. The zero-order valence-corrected chi connectivity index (χ0v) is 11.7. The zero-order chi connectivity index (χ0) is 14.4. The Bertz CT molecular complexity index is 392. The molecule has 2 rings (SSSR count). The lowest BCUT2D eigenvalue weighted by atomic mass is 10.3. The summed E-state index contributed by atoms with van der Waals surface area (Å²) >= 11 is 0. The molecule has 0 aromatic heterocycles. The molecule has 0 atom stereocenters. The van der Waals surface area contributed by atoms with E-state index in [1.54, 1.807) is 0 Å². The highest BCUT2D eigenvalue weighted by Crippen LogP contribution is 2.18. The Labute approximate surface area is 119 Å². The van der Waals surface area contributed by atoms with Crippen LogP contribution in [0.1, 0.15) is 12.8 Å². The van der Waals surface area contributed by atoms with Gasteiger partial charge in [0.15, 0.2) is 0 Å². The average molecular weight is 278 g/mol. The second-order valence-electron chi connectivity index (χ2n) is 5.37. The highest BCUT2D eigenvalue weighted by molar-refractivity contribution is 5.79. The molecule has 0 unspecified atom stereocenters. The van der Waals surface area contributed by atoms with Gasteiger partial charge in [0.2, 0.25) is 11.8 Å². The first kappa shape index (κ1) is 14.8. The number of carbonyl (C=O) groups excluding carboxylic acids is 2. The lowest BCUT2D eigenvalue weighted by Gasteiger charge is -2.33. The fourth-order valence-electron chi connectivity index (χ4n) is 2.22. The van der Waals surface area contributed by atoms with Gasteiger partial charge in [-0.15, -0.1) is 6.42 Å². The first-order valence-electron chi connectivity index (χ1n) is 7.11. The Morgan fingerprint density at radius 1 is 1.05 bits per heavy atom. The molecule has 2 fully saturated rings. The Balaban J connectivity index is 1.60. The molecule has 1 heterocycles. The normalized spacial score (nSPS) is 20.1. The summed E-state index contributed by atoms with van der Waals surface area (Å²) in [7, 11) is 0. The van der Waals surface area contributed by atoms with E-state index in [0.29, 0.717) is 19.1 Å². The first-order chi connectivity index (χ1) is 9.67. The van der Waals surface area contributed by atoms with E-state index in [4.69, 9.17) is 6.42 Å². The fourth-order valence-corrected chi connectivity index (χ4v) is 2.22. The predicted molar refractivity (Wildman–Crippen MR) is 75.9 cm³/mol. The number of amides is 2. The summed E-state index contributed by atoms with van der Waals surface area (Å²) in [6.07, 6.45) is 7.33. The minimum absolute atomic E-state index is 0.0390. The molecule has 0 radical (unpaired) electrons. The third kappa shape index (κ3) is 5.19. The van der Waals surface area contributed by atoms with Crippen LogP contribution in [0.5, 0.6) is 0 Å². The Morgan fingerprint density at radius 3 is 2.10 bits per heavy atom. The van der Waals surface area contributed by atoms with Crippen molar-refractivity contribution in [3.63, 3.8) is 0 Å². The van der Waals surface area contributed by atoms with E-state index in [2.05, 4.69) is 26.4 Å². The van der Waals surface area contributed by atoms with E-state index in [-0.39, 0.29) is 18.4 Å². The molecule has 0 aromatic carbocycles. The minimum Gasteiger partial charge on any atom is -0.352 e. The van der Waals surface area contributed by atoms with Crippen molar-refractivity contribution in [2.24, 2.45) is 0 Å². The maximum atomic E-state index is 11.7. The Hall–Kier alpha value is -1.58. The Kier molecular flexibility index (Phi) is 5.39. The van der Waals surface area contributed by atoms with Gasteiger partial charge in [-0.25, -0.2) is 0 Å². The predicted octanol–water partition coefficient (Wildman–Crippen LogP) is -1.37. The fraction of sp³-hybridized carbons (Fsp3) is 0.714. The standard InChI is InChI=1S/C14H22N4O2/c1-2-5-15-13(19)10-17-6-8-18(9-7-17)11-14(20)16-12-3-4-12/h1,12H,3-11H2,(H,15,19)(H,16,20). The van der Waals surface area contributed by atoms with Crippen LogP contribution in [-0.4, -0.2) is 73.5 Å². The smallest absolute Gasteiger partial charge is 0.234 e. The van der Waals surface area contributed by atoms with Crippen molar-refractivity contribution in [1.82, 2.24) is 20.4 Å². The van der Waals surface area contributed by atoms with Crippen molar-refractivity contribution < 1.29 is 9.59 Å². The zero-order valence-electron chi connectivity index (χ0n) is 11.7. The van der Waals surface area contributed by atoms with Crippen LogP contribution in [0.4, 0.5) is 0 Å². The SMILES string of the molecule is C#CCNC(=O)CN1CCN(CC(=O)NC2CC2)CC1. The van der Waals surface area contributed by atoms with Crippen LogP contribution in [0.15, 0.2) is 0 Å². The van der Waals surface area contributed by atoms with Crippen LogP contribution in [0.25, 0.3) is 0 Å². The molecule has 6 heteroatoms. The molecule has 2 aliphatic rings. The molecular formula is C14H22N4O2. The molecule has 2 N–H and O–H groups in total. The third-order valence-electron chi connectivity index (χ3n) is 3.53. The van der Waals surface area contributed by atoms with Gasteiger partial charge in [0.25, 0.3) is 0 Å². The molecule has 2 amide bonds. The second kappa shape index (κ2) is 7.27. The number of nitrogens with one attached hydrogen (secondary N) is 2. The van der Waals surface area contributed by atoms with E-state index in [0.717, 1.165) is 39.0 Å². The molecule has 110 valence electrons. The van der Waals surface area contributed by atoms with Crippen molar-refractivity contribution >= 4 is 11.8 Å². The van der Waals surface area contributed by atoms with Gasteiger partial charge in [0, 0.05) is 32.2 Å². The topological polar surface area (TPSA) is 64.7 Å². The van der Waals surface area contributed by atoms with Crippen LogP contribution in [-0.2, 0) is 9.59 Å². The van der Waals surface area contributed by atoms with Crippen LogP contribution < -0.4 is 10.6 Å². The number of nitrogens with zero attached hydrogens (tertiary/aromatic N) is 2. The monoisotopic (exact) mass is 278 g/mol. The van der Waals surface area contributed by atoms with E-state index in [1.165, 1.54) is 0 Å². The van der Waals surface area contributed by atoms with Crippen molar-refractivity contribution in [2.75, 3.05) is 45.8 Å². The van der Waals surface area contributed by atoms with Crippen molar-refractivity contribution in [3.8, 4) is 12.3 Å². The lowest BCUT2D eigenvalue weighted by Crippen LogP contribution is -2.51. The van der Waals surface area contributed by atoms with Gasteiger partial charge in [-0.2, -0.15) is 0 Å². The summed E-state index contributed by atoms with van der Waals surface area (Å²) in [5, 5.41) is 5.65. The van der Waals surface area contributed by atoms with Gasteiger partial charge < -0.3 is 10.6 Å². The molecule has 1 saturated heterocycles. The number of piperazine rings is 1. The number of hydrogen-bond acceptors (Lipinski definition) is 4. The van der Waals surface area contributed by atoms with Gasteiger partial charge in [-0.3, -0.25) is 19.4 Å². The van der Waals surface area contributed by atoms with Gasteiger partial charge in [-0.05, 0) is 12.8 Å². The van der Waals surface area contributed by atoms with Gasteiger partial charge in [0.05, 0.1) is 19.6 Å². The highest BCUT2D eigenvalue weighted by atomic mass is 16.2. The van der Waals surface area contributed by atoms with Crippen molar-refractivity contribution in [1.29, 1.82) is 0 Å². The summed E-state index contributed by atoms with van der Waals surface area (Å²) in [6, 6.07) is 0.420. The minimum atomic E-state index is -0.0390. The van der Waals surface area contributed by atoms with Crippen LogP contribution in [0.3, 0.4) is 0 Å². The molecule has 20 heavy (non-hydrogen) atoms. The molecule has 1 aliphatic carbocycles. The summed E-state index contributed by atoms with van der Waals surface area (Å²) in [6.45, 7) is 4.37. The van der Waals surface area contributed by atoms with Gasteiger partial charge in [0.1, 0.15) is 0 Å². The van der Waals surface area contributed by atoms with Crippen LogP contribution in [0, 0.1) is 12.3 Å². The maximum Gasteiger partial charge on any atom is 0.234 e. The number of terminal acetylenes is 1. The molecule has 0 spiro atoms. The number of hydrogen-bond donors (Lipinski definition) is 2. The van der Waals surface area contributed by atoms with Gasteiger partial charge in [-0.1, -0.05) is 5.92 Å². The van der Waals surface area contributed by atoms with Gasteiger partial charge >= 0.3 is 0 Å². The molecule has 0 bridgehead atoms. The number of carbonyl (C=O) groups is 2. The summed E-state index contributed by atoms with van der Waals surface area (Å²) < 4.78 is 0. The van der Waals surface area contributed by atoms with E-state index < -0.39 is 0 Å². The van der Waals surface area contributed by atoms with Crippen LogP contribution >= 0.6 is 0 Å². The second-order valence-corrected chi connectivity index (χ2v) is 5.37. The average Bonchev–Trinajstić information content (AvgIpc) is 3.22. The third-order valence-corrected chi connectivity index (χ3v) is 3.53. The summed E-state index contributed by atoms with van der Waals surface area (Å²) in [5.41, 5.74) is 0. The number of rotatable bonds is 6. The molecule has 1 saturated carbocycles. The lowest BCUT2D eigenvalue weighted by molar-refractivity contribution is -0.125. The van der Waals surface area contributed by atoms with E-state index in [1.807, 2.05) is 0 Å². The van der Waals surface area contributed by atoms with Crippen molar-refractivity contribution in [3.05, 3.63) is 0 Å². The quantitative estimate of drug-likeness (QED) is 0.589. The summed E-state index contributed by atoms with van der Waals surface area (Å²) in [5.74, 6) is 2.46. The summed E-state index contributed by atoms with van der Waals surface area (Å²) in [4.78, 5) is 27.4. The van der Waals surface area contributed by atoms with Crippen molar-refractivity contribution in [2.45, 2.75) is 18.9 Å². The molecular weight excluding hydrogens is 256 g/mol.